The summed E-state index contributed by atoms with van der Waals surface area (Å²) in [6.07, 6.45) is 3.98. The molecule has 0 heterocycles. The Morgan fingerprint density at radius 2 is 2.15 bits per heavy atom. The average molecular weight is 292 g/mol. The average Bonchev–Trinajstić information content (AvgIpc) is 2.87. The van der Waals surface area contributed by atoms with E-state index in [0.717, 1.165) is 24.2 Å². The van der Waals surface area contributed by atoms with E-state index in [2.05, 4.69) is 12.2 Å². The van der Waals surface area contributed by atoms with Crippen molar-refractivity contribution < 1.29 is 4.79 Å². The van der Waals surface area contributed by atoms with Crippen LogP contribution in [0.2, 0.25) is 0 Å². The van der Waals surface area contributed by atoms with Gasteiger partial charge in [-0.15, -0.1) is 0 Å². The number of hydrogen-bond donors (Lipinski definition) is 2. The van der Waals surface area contributed by atoms with E-state index >= 15 is 0 Å². The number of amides is 1. The van der Waals surface area contributed by atoms with E-state index in [0.29, 0.717) is 17.7 Å². The van der Waals surface area contributed by atoms with Crippen LogP contribution < -0.4 is 11.1 Å². The number of carbonyl (C=O) groups is 1. The number of rotatable bonds is 6. The Bertz CT molecular complexity index is 424. The van der Waals surface area contributed by atoms with Gasteiger partial charge in [0.15, 0.2) is 0 Å². The molecule has 1 aliphatic carbocycles. The molecule has 2 unspecified atom stereocenters. The van der Waals surface area contributed by atoms with Gasteiger partial charge in [0.1, 0.15) is 0 Å². The van der Waals surface area contributed by atoms with E-state index in [-0.39, 0.29) is 5.91 Å². The van der Waals surface area contributed by atoms with Crippen LogP contribution in [0.4, 0.5) is 0 Å². The highest BCUT2D eigenvalue weighted by Gasteiger charge is 2.27. The molecule has 110 valence electrons. The van der Waals surface area contributed by atoms with Gasteiger partial charge in [-0.1, -0.05) is 37.3 Å². The molecule has 0 spiro atoms. The summed E-state index contributed by atoms with van der Waals surface area (Å²) in [5.41, 5.74) is 7.12. The van der Waals surface area contributed by atoms with Crippen LogP contribution in [0.15, 0.2) is 30.3 Å². The Kier molecular flexibility index (Phi) is 5.92. The molecule has 1 fully saturated rings. The first-order valence-corrected chi connectivity index (χ1v) is 8.45. The zero-order chi connectivity index (χ0) is 14.4. The molecule has 0 aromatic heterocycles. The molecule has 1 amide bonds. The quantitative estimate of drug-likeness (QED) is 0.846. The fraction of sp³-hybridized carbons (Fsp3) is 0.562. The maximum Gasteiger partial charge on any atom is 0.237 e. The van der Waals surface area contributed by atoms with E-state index in [1.54, 1.807) is 0 Å². The van der Waals surface area contributed by atoms with Crippen LogP contribution >= 0.6 is 11.8 Å². The summed E-state index contributed by atoms with van der Waals surface area (Å²) in [4.78, 5) is 12.1. The number of benzene rings is 1. The van der Waals surface area contributed by atoms with Crippen LogP contribution in [0.1, 0.15) is 31.7 Å². The first-order chi connectivity index (χ1) is 9.69. The van der Waals surface area contributed by atoms with Crippen molar-refractivity contribution in [3.63, 3.8) is 0 Å². The Labute approximate surface area is 125 Å². The van der Waals surface area contributed by atoms with Crippen molar-refractivity contribution in [3.05, 3.63) is 35.9 Å². The maximum absolute atomic E-state index is 12.1. The van der Waals surface area contributed by atoms with Gasteiger partial charge in [0.25, 0.3) is 0 Å². The van der Waals surface area contributed by atoms with Gasteiger partial charge < -0.3 is 11.1 Å². The molecule has 3 atom stereocenters. The van der Waals surface area contributed by atoms with Crippen molar-refractivity contribution in [1.82, 2.24) is 5.32 Å². The summed E-state index contributed by atoms with van der Waals surface area (Å²) in [6.45, 7) is 2.19. The number of hydrogen-bond acceptors (Lipinski definition) is 3. The van der Waals surface area contributed by atoms with Crippen LogP contribution in [0.5, 0.6) is 0 Å². The molecule has 20 heavy (non-hydrogen) atoms. The monoisotopic (exact) mass is 292 g/mol. The normalized spacial score (nSPS) is 23.5. The summed E-state index contributed by atoms with van der Waals surface area (Å²) in [5.74, 6) is 1.14. The molecule has 0 radical (unpaired) electrons. The van der Waals surface area contributed by atoms with Crippen LogP contribution in [0.3, 0.4) is 0 Å². The second-order valence-electron chi connectivity index (χ2n) is 5.39. The molecular weight excluding hydrogens is 268 g/mol. The van der Waals surface area contributed by atoms with Crippen molar-refractivity contribution in [2.24, 2.45) is 5.73 Å². The van der Waals surface area contributed by atoms with Crippen molar-refractivity contribution in [2.75, 3.05) is 5.75 Å². The smallest absolute Gasteiger partial charge is 0.237 e. The van der Waals surface area contributed by atoms with E-state index in [9.17, 15) is 4.79 Å². The largest absolute Gasteiger partial charge is 0.352 e. The van der Waals surface area contributed by atoms with Crippen LogP contribution in [0, 0.1) is 0 Å². The minimum atomic E-state index is -0.449. The molecule has 1 aromatic rings. The number of nitrogens with one attached hydrogen (secondary N) is 1. The molecule has 0 aliphatic heterocycles. The predicted molar refractivity (Wildman–Crippen MR) is 85.8 cm³/mol. The standard InChI is InChI=1S/C16H24N2OS/c1-2-20-14-9-8-13(11-14)18-16(19)15(17)10-12-6-4-3-5-7-12/h3-7,13-15H,2,8-11,17H2,1H3,(H,18,19)/t13?,14?,15-/m0/s1. The van der Waals surface area contributed by atoms with Gasteiger partial charge in [-0.3, -0.25) is 4.79 Å². The lowest BCUT2D eigenvalue weighted by Crippen LogP contribution is -2.45. The van der Waals surface area contributed by atoms with Gasteiger partial charge in [-0.25, -0.2) is 0 Å². The highest BCUT2D eigenvalue weighted by molar-refractivity contribution is 7.99. The molecule has 0 bridgehead atoms. The minimum absolute atomic E-state index is 0.0130. The second-order valence-corrected chi connectivity index (χ2v) is 6.97. The lowest BCUT2D eigenvalue weighted by molar-refractivity contribution is -0.123. The van der Waals surface area contributed by atoms with Gasteiger partial charge >= 0.3 is 0 Å². The van der Waals surface area contributed by atoms with Gasteiger partial charge in [0.05, 0.1) is 6.04 Å². The molecular formula is C16H24N2OS. The Morgan fingerprint density at radius 1 is 1.40 bits per heavy atom. The van der Waals surface area contributed by atoms with Crippen LogP contribution in [0.25, 0.3) is 0 Å². The molecule has 2 rings (SSSR count). The van der Waals surface area contributed by atoms with Gasteiger partial charge in [0.2, 0.25) is 5.91 Å². The molecule has 3 N–H and O–H groups in total. The van der Waals surface area contributed by atoms with Crippen molar-refractivity contribution in [3.8, 4) is 0 Å². The summed E-state index contributed by atoms with van der Waals surface area (Å²) in [6, 6.07) is 9.81. The highest BCUT2D eigenvalue weighted by atomic mass is 32.2. The molecule has 1 aromatic carbocycles. The van der Waals surface area contributed by atoms with Crippen LogP contribution in [-0.2, 0) is 11.2 Å². The van der Waals surface area contributed by atoms with Gasteiger partial charge in [-0.2, -0.15) is 11.8 Å². The first kappa shape index (κ1) is 15.4. The summed E-state index contributed by atoms with van der Waals surface area (Å²) in [7, 11) is 0. The Morgan fingerprint density at radius 3 is 2.85 bits per heavy atom. The summed E-state index contributed by atoms with van der Waals surface area (Å²) in [5, 5.41) is 3.81. The fourth-order valence-electron chi connectivity index (χ4n) is 2.73. The van der Waals surface area contributed by atoms with Gasteiger partial charge in [0, 0.05) is 11.3 Å². The third kappa shape index (κ3) is 4.53. The third-order valence-electron chi connectivity index (χ3n) is 3.77. The fourth-order valence-corrected chi connectivity index (χ4v) is 3.87. The van der Waals surface area contributed by atoms with Crippen LogP contribution in [-0.4, -0.2) is 29.0 Å². The number of nitrogens with two attached hydrogens (primary N) is 1. The highest BCUT2D eigenvalue weighted by Crippen LogP contribution is 2.29. The minimum Gasteiger partial charge on any atom is -0.352 e. The lowest BCUT2D eigenvalue weighted by Gasteiger charge is -2.17. The second kappa shape index (κ2) is 7.70. The number of carbonyl (C=O) groups excluding carboxylic acids is 1. The SMILES string of the molecule is CCSC1CCC(NC(=O)[C@@H](N)Cc2ccccc2)C1. The zero-order valence-corrected chi connectivity index (χ0v) is 12.9. The third-order valence-corrected chi connectivity index (χ3v) is 5.00. The molecule has 3 nitrogen and oxygen atoms in total. The molecule has 1 saturated carbocycles. The van der Waals surface area contributed by atoms with Gasteiger partial charge in [-0.05, 0) is 37.0 Å². The van der Waals surface area contributed by atoms with E-state index in [1.807, 2.05) is 42.1 Å². The van der Waals surface area contributed by atoms with E-state index < -0.39 is 6.04 Å². The topological polar surface area (TPSA) is 55.1 Å². The van der Waals surface area contributed by atoms with Crippen molar-refractivity contribution in [2.45, 2.75) is 49.9 Å². The Balaban J connectivity index is 1.77. The maximum atomic E-state index is 12.1. The molecule has 4 heteroatoms. The predicted octanol–water partition coefficient (Wildman–Crippen LogP) is 2.35. The summed E-state index contributed by atoms with van der Waals surface area (Å²) < 4.78 is 0. The first-order valence-electron chi connectivity index (χ1n) is 7.40. The van der Waals surface area contributed by atoms with E-state index in [4.69, 9.17) is 5.73 Å². The van der Waals surface area contributed by atoms with Crippen molar-refractivity contribution in [1.29, 1.82) is 0 Å². The Hall–Kier alpha value is -1.00. The summed E-state index contributed by atoms with van der Waals surface area (Å²) >= 11 is 2.00. The lowest BCUT2D eigenvalue weighted by atomic mass is 10.1. The molecule has 0 saturated heterocycles. The van der Waals surface area contributed by atoms with Crippen molar-refractivity contribution >= 4 is 17.7 Å². The molecule has 1 aliphatic rings. The zero-order valence-electron chi connectivity index (χ0n) is 12.0. The van der Waals surface area contributed by atoms with E-state index in [1.165, 1.54) is 6.42 Å². The number of thioether (sulfide) groups is 1.